The number of amides is 1. The molecule has 6 nitrogen and oxygen atoms in total. The van der Waals surface area contributed by atoms with E-state index < -0.39 is 10.0 Å². The SMILES string of the molecule is COc1ccc(CCNS(=O)(=O)c2ccc3c(c2)[C@@H](C)C(=O)N3)cc1. The van der Waals surface area contributed by atoms with Crippen LogP contribution in [0.3, 0.4) is 0 Å². The second-order valence-electron chi connectivity index (χ2n) is 5.96. The summed E-state index contributed by atoms with van der Waals surface area (Å²) in [6.07, 6.45) is 0.574. The van der Waals surface area contributed by atoms with Crippen LogP contribution in [0, 0.1) is 0 Å². The summed E-state index contributed by atoms with van der Waals surface area (Å²) in [6, 6.07) is 12.2. The zero-order valence-corrected chi connectivity index (χ0v) is 14.9. The number of sulfonamides is 1. The highest BCUT2D eigenvalue weighted by Crippen LogP contribution is 2.33. The van der Waals surface area contributed by atoms with Gasteiger partial charge in [0.25, 0.3) is 0 Å². The van der Waals surface area contributed by atoms with Gasteiger partial charge in [-0.15, -0.1) is 0 Å². The number of fused-ring (bicyclic) bond motifs is 1. The molecule has 3 rings (SSSR count). The van der Waals surface area contributed by atoms with Crippen LogP contribution in [0.1, 0.15) is 24.0 Å². The molecule has 0 aromatic heterocycles. The maximum atomic E-state index is 12.5. The molecule has 0 saturated heterocycles. The predicted molar refractivity (Wildman–Crippen MR) is 95.4 cm³/mol. The van der Waals surface area contributed by atoms with Crippen LogP contribution < -0.4 is 14.8 Å². The number of anilines is 1. The molecule has 2 aromatic carbocycles. The first-order chi connectivity index (χ1) is 11.9. The van der Waals surface area contributed by atoms with Crippen molar-refractivity contribution in [3.05, 3.63) is 53.6 Å². The van der Waals surface area contributed by atoms with Crippen molar-refractivity contribution in [2.24, 2.45) is 0 Å². The molecule has 0 spiro atoms. The largest absolute Gasteiger partial charge is 0.497 e. The van der Waals surface area contributed by atoms with Crippen molar-refractivity contribution in [1.82, 2.24) is 4.72 Å². The molecule has 1 heterocycles. The molecule has 1 amide bonds. The first-order valence-electron chi connectivity index (χ1n) is 7.98. The van der Waals surface area contributed by atoms with E-state index in [0.29, 0.717) is 24.2 Å². The summed E-state index contributed by atoms with van der Waals surface area (Å²) >= 11 is 0. The topological polar surface area (TPSA) is 84.5 Å². The van der Waals surface area contributed by atoms with Crippen molar-refractivity contribution in [3.8, 4) is 5.75 Å². The summed E-state index contributed by atoms with van der Waals surface area (Å²) in [5.74, 6) is 0.307. The van der Waals surface area contributed by atoms with Gasteiger partial charge < -0.3 is 10.1 Å². The van der Waals surface area contributed by atoms with Crippen molar-refractivity contribution < 1.29 is 17.9 Å². The van der Waals surface area contributed by atoms with E-state index in [1.165, 1.54) is 6.07 Å². The minimum absolute atomic E-state index is 0.114. The number of carbonyl (C=O) groups excluding carboxylic acids is 1. The third-order valence-electron chi connectivity index (χ3n) is 4.32. The molecule has 1 aliphatic rings. The van der Waals surface area contributed by atoms with Crippen LogP contribution in [0.2, 0.25) is 0 Å². The summed E-state index contributed by atoms with van der Waals surface area (Å²) in [4.78, 5) is 11.9. The van der Waals surface area contributed by atoms with Gasteiger partial charge in [-0.25, -0.2) is 13.1 Å². The molecule has 2 aromatic rings. The number of hydrogen-bond donors (Lipinski definition) is 2. The van der Waals surface area contributed by atoms with Crippen molar-refractivity contribution in [1.29, 1.82) is 0 Å². The summed E-state index contributed by atoms with van der Waals surface area (Å²) in [7, 11) is -2.02. The summed E-state index contributed by atoms with van der Waals surface area (Å²) in [6.45, 7) is 2.05. The fraction of sp³-hybridized carbons (Fsp3) is 0.278. The fourth-order valence-corrected chi connectivity index (χ4v) is 3.83. The Labute approximate surface area is 147 Å². The third-order valence-corrected chi connectivity index (χ3v) is 5.77. The third kappa shape index (κ3) is 3.67. The second-order valence-corrected chi connectivity index (χ2v) is 7.72. The van der Waals surface area contributed by atoms with E-state index in [-0.39, 0.29) is 16.7 Å². The molecule has 2 N–H and O–H groups in total. The van der Waals surface area contributed by atoms with Gasteiger partial charge in [0.2, 0.25) is 15.9 Å². The number of methoxy groups -OCH3 is 1. The Morgan fingerprint density at radius 2 is 1.88 bits per heavy atom. The van der Waals surface area contributed by atoms with Gasteiger partial charge in [0.15, 0.2) is 0 Å². The molecular formula is C18H20N2O4S. The monoisotopic (exact) mass is 360 g/mol. The van der Waals surface area contributed by atoms with Crippen molar-refractivity contribution >= 4 is 21.6 Å². The average molecular weight is 360 g/mol. The highest BCUT2D eigenvalue weighted by atomic mass is 32.2. The maximum Gasteiger partial charge on any atom is 0.240 e. The predicted octanol–water partition coefficient (Wildman–Crippen LogP) is 2.27. The summed E-state index contributed by atoms with van der Waals surface area (Å²) < 4.78 is 32.7. The molecule has 0 unspecified atom stereocenters. The van der Waals surface area contributed by atoms with Crippen molar-refractivity contribution in [3.63, 3.8) is 0 Å². The molecule has 0 bridgehead atoms. The Balaban J connectivity index is 1.67. The molecule has 25 heavy (non-hydrogen) atoms. The van der Waals surface area contributed by atoms with E-state index >= 15 is 0 Å². The smallest absolute Gasteiger partial charge is 0.240 e. The lowest BCUT2D eigenvalue weighted by atomic mass is 10.0. The number of rotatable bonds is 6. The van der Waals surface area contributed by atoms with E-state index in [9.17, 15) is 13.2 Å². The van der Waals surface area contributed by atoms with E-state index in [1.807, 2.05) is 24.3 Å². The van der Waals surface area contributed by atoms with Crippen LogP contribution in [0.25, 0.3) is 0 Å². The van der Waals surface area contributed by atoms with E-state index in [2.05, 4.69) is 10.0 Å². The molecule has 0 aliphatic carbocycles. The zero-order chi connectivity index (χ0) is 18.0. The first kappa shape index (κ1) is 17.4. The number of benzene rings is 2. The number of carbonyl (C=O) groups is 1. The van der Waals surface area contributed by atoms with Crippen LogP contribution in [-0.2, 0) is 21.2 Å². The Hall–Kier alpha value is -2.38. The number of hydrogen-bond acceptors (Lipinski definition) is 4. The lowest BCUT2D eigenvalue weighted by Gasteiger charge is -2.09. The molecule has 132 valence electrons. The van der Waals surface area contributed by atoms with Gasteiger partial charge in [0.05, 0.1) is 17.9 Å². The van der Waals surface area contributed by atoms with Gasteiger partial charge in [0, 0.05) is 12.2 Å². The average Bonchev–Trinajstić information content (AvgIpc) is 2.89. The van der Waals surface area contributed by atoms with E-state index in [4.69, 9.17) is 4.74 Å². The van der Waals surface area contributed by atoms with E-state index in [0.717, 1.165) is 11.3 Å². The maximum absolute atomic E-state index is 12.5. The van der Waals surface area contributed by atoms with Crippen LogP contribution >= 0.6 is 0 Å². The highest BCUT2D eigenvalue weighted by molar-refractivity contribution is 7.89. The normalized spacial score (nSPS) is 16.4. The lowest BCUT2D eigenvalue weighted by molar-refractivity contribution is -0.116. The van der Waals surface area contributed by atoms with Crippen LogP contribution in [-0.4, -0.2) is 28.0 Å². The van der Waals surface area contributed by atoms with Gasteiger partial charge in [-0.2, -0.15) is 0 Å². The van der Waals surface area contributed by atoms with Gasteiger partial charge in [-0.1, -0.05) is 12.1 Å². The molecule has 0 fully saturated rings. The van der Waals surface area contributed by atoms with Crippen molar-refractivity contribution in [2.45, 2.75) is 24.2 Å². The van der Waals surface area contributed by atoms with Gasteiger partial charge >= 0.3 is 0 Å². The molecule has 0 saturated carbocycles. The Morgan fingerprint density at radius 1 is 1.16 bits per heavy atom. The molecule has 0 radical (unpaired) electrons. The van der Waals surface area contributed by atoms with Crippen molar-refractivity contribution in [2.75, 3.05) is 19.0 Å². The number of nitrogens with one attached hydrogen (secondary N) is 2. The Kier molecular flexibility index (Phi) is 4.78. The van der Waals surface area contributed by atoms with Crippen LogP contribution in [0.5, 0.6) is 5.75 Å². The summed E-state index contributed by atoms with van der Waals surface area (Å²) in [5.41, 5.74) is 2.40. The Morgan fingerprint density at radius 3 is 2.56 bits per heavy atom. The highest BCUT2D eigenvalue weighted by Gasteiger charge is 2.28. The molecule has 7 heteroatoms. The standard InChI is InChI=1S/C18H20N2O4S/c1-12-16-11-15(7-8-17(16)20-18(12)21)25(22,23)19-10-9-13-3-5-14(24-2)6-4-13/h3-8,11-12,19H,9-10H2,1-2H3,(H,20,21)/t12-/m1/s1. The second kappa shape index (κ2) is 6.85. The lowest BCUT2D eigenvalue weighted by Crippen LogP contribution is -2.26. The summed E-state index contributed by atoms with van der Waals surface area (Å²) in [5, 5.41) is 2.74. The minimum atomic E-state index is -3.62. The number of ether oxygens (including phenoxy) is 1. The quantitative estimate of drug-likeness (QED) is 0.828. The van der Waals surface area contributed by atoms with Gasteiger partial charge in [0.1, 0.15) is 5.75 Å². The Bertz CT molecular complexity index is 892. The van der Waals surface area contributed by atoms with Gasteiger partial charge in [-0.05, 0) is 54.8 Å². The fourth-order valence-electron chi connectivity index (χ4n) is 2.77. The minimum Gasteiger partial charge on any atom is -0.497 e. The van der Waals surface area contributed by atoms with Crippen LogP contribution in [0.4, 0.5) is 5.69 Å². The van der Waals surface area contributed by atoms with E-state index in [1.54, 1.807) is 26.2 Å². The van der Waals surface area contributed by atoms with Crippen LogP contribution in [0.15, 0.2) is 47.4 Å². The molecule has 1 aliphatic heterocycles. The molecular weight excluding hydrogens is 340 g/mol. The first-order valence-corrected chi connectivity index (χ1v) is 9.46. The molecule has 1 atom stereocenters. The zero-order valence-electron chi connectivity index (χ0n) is 14.1. The van der Waals surface area contributed by atoms with Gasteiger partial charge in [-0.3, -0.25) is 4.79 Å².